The largest absolute Gasteiger partial charge is 0.495 e. The van der Waals surface area contributed by atoms with Gasteiger partial charge < -0.3 is 9.84 Å². The molecule has 7 heteroatoms. The van der Waals surface area contributed by atoms with E-state index >= 15 is 0 Å². The normalized spacial score (nSPS) is 11.8. The fourth-order valence-electron chi connectivity index (χ4n) is 1.61. The Morgan fingerprint density at radius 3 is 2.67 bits per heavy atom. The van der Waals surface area contributed by atoms with E-state index in [1.54, 1.807) is 6.07 Å². The maximum Gasteiger partial charge on any atom is 0.328 e. The number of rotatable bonds is 7. The first-order valence-corrected chi connectivity index (χ1v) is 7.43. The summed E-state index contributed by atoms with van der Waals surface area (Å²) in [6, 6.07) is 4.42. The molecular formula is C14H17NO5S. The first kappa shape index (κ1) is 16.9. The van der Waals surface area contributed by atoms with Crippen LogP contribution in [0.1, 0.15) is 5.56 Å². The molecule has 0 atom stereocenters. The molecular weight excluding hydrogens is 294 g/mol. The average Bonchev–Trinajstić information content (AvgIpc) is 2.44. The van der Waals surface area contributed by atoms with Crippen LogP contribution in [-0.2, 0) is 14.8 Å². The van der Waals surface area contributed by atoms with Gasteiger partial charge in [0, 0.05) is 19.7 Å². The molecule has 0 aliphatic rings. The smallest absolute Gasteiger partial charge is 0.328 e. The Labute approximate surface area is 124 Å². The Kier molecular flexibility index (Phi) is 5.69. The van der Waals surface area contributed by atoms with Gasteiger partial charge in [-0.05, 0) is 23.8 Å². The van der Waals surface area contributed by atoms with Gasteiger partial charge in [0.25, 0.3) is 0 Å². The summed E-state index contributed by atoms with van der Waals surface area (Å²) in [5, 5.41) is 8.61. The molecule has 0 saturated carbocycles. The van der Waals surface area contributed by atoms with Gasteiger partial charge in [-0.1, -0.05) is 12.1 Å². The second-order valence-corrected chi connectivity index (χ2v) is 6.17. The highest BCUT2D eigenvalue weighted by Crippen LogP contribution is 2.27. The lowest BCUT2D eigenvalue weighted by Crippen LogP contribution is -2.27. The number of sulfonamides is 1. The van der Waals surface area contributed by atoms with Crippen LogP contribution in [0.25, 0.3) is 6.08 Å². The van der Waals surface area contributed by atoms with Gasteiger partial charge in [0.15, 0.2) is 0 Å². The van der Waals surface area contributed by atoms with E-state index in [4.69, 9.17) is 9.84 Å². The summed E-state index contributed by atoms with van der Waals surface area (Å²) in [5.41, 5.74) is 0.448. The average molecular weight is 311 g/mol. The van der Waals surface area contributed by atoms with Crippen LogP contribution in [0.15, 0.2) is 41.8 Å². The third kappa shape index (κ3) is 4.17. The van der Waals surface area contributed by atoms with Crippen LogP contribution in [-0.4, -0.2) is 44.5 Å². The van der Waals surface area contributed by atoms with E-state index in [0.29, 0.717) is 5.56 Å². The summed E-state index contributed by atoms with van der Waals surface area (Å²) in [4.78, 5) is 10.5. The monoisotopic (exact) mass is 311 g/mol. The van der Waals surface area contributed by atoms with E-state index in [1.807, 2.05) is 0 Å². The molecule has 0 aliphatic carbocycles. The topological polar surface area (TPSA) is 83.9 Å². The number of benzene rings is 1. The van der Waals surface area contributed by atoms with Crippen molar-refractivity contribution < 1.29 is 23.1 Å². The minimum atomic E-state index is -3.75. The molecule has 0 aliphatic heterocycles. The highest BCUT2D eigenvalue weighted by atomic mass is 32.2. The lowest BCUT2D eigenvalue weighted by molar-refractivity contribution is -0.131. The van der Waals surface area contributed by atoms with Crippen LogP contribution in [0.5, 0.6) is 5.75 Å². The predicted octanol–water partition coefficient (Wildman–Crippen LogP) is 1.60. The first-order chi connectivity index (χ1) is 9.82. The Balaban J connectivity index is 3.35. The molecule has 0 spiro atoms. The standard InChI is InChI=1S/C14H17NO5S/c1-4-9-15(2)21(18,19)13-10-11(6-8-14(16)17)5-7-12(13)20-3/h4-8,10H,1,9H2,2-3H3,(H,16,17)/b8-6+. The Morgan fingerprint density at radius 1 is 1.48 bits per heavy atom. The SMILES string of the molecule is C=CCN(C)S(=O)(=O)c1cc(/C=C/C(=O)O)ccc1OC. The van der Waals surface area contributed by atoms with E-state index in [0.717, 1.165) is 10.4 Å². The van der Waals surface area contributed by atoms with Crippen molar-refractivity contribution >= 4 is 22.1 Å². The van der Waals surface area contributed by atoms with Gasteiger partial charge >= 0.3 is 5.97 Å². The number of carboxylic acid groups (broad SMARTS) is 1. The minimum Gasteiger partial charge on any atom is -0.495 e. The summed E-state index contributed by atoms with van der Waals surface area (Å²) in [5.74, 6) is -0.919. The van der Waals surface area contributed by atoms with Gasteiger partial charge in [-0.3, -0.25) is 0 Å². The zero-order valence-corrected chi connectivity index (χ0v) is 12.6. The van der Waals surface area contributed by atoms with E-state index < -0.39 is 16.0 Å². The molecule has 6 nitrogen and oxygen atoms in total. The second-order valence-electron chi connectivity index (χ2n) is 4.16. The van der Waals surface area contributed by atoms with Crippen molar-refractivity contribution in [3.8, 4) is 5.75 Å². The number of hydrogen-bond donors (Lipinski definition) is 1. The van der Waals surface area contributed by atoms with Crippen molar-refractivity contribution in [2.24, 2.45) is 0 Å². The van der Waals surface area contributed by atoms with Crippen LogP contribution in [0.3, 0.4) is 0 Å². The molecule has 0 aromatic heterocycles. The van der Waals surface area contributed by atoms with Gasteiger partial charge in [-0.15, -0.1) is 6.58 Å². The van der Waals surface area contributed by atoms with E-state index in [1.165, 1.54) is 38.4 Å². The Morgan fingerprint density at radius 2 is 2.14 bits per heavy atom. The van der Waals surface area contributed by atoms with E-state index in [9.17, 15) is 13.2 Å². The molecule has 1 N–H and O–H groups in total. The molecule has 1 aromatic carbocycles. The highest BCUT2D eigenvalue weighted by molar-refractivity contribution is 7.89. The van der Waals surface area contributed by atoms with E-state index in [-0.39, 0.29) is 17.2 Å². The number of aliphatic carboxylic acids is 1. The fourth-order valence-corrected chi connectivity index (χ4v) is 2.94. The quantitative estimate of drug-likeness (QED) is 0.611. The number of ether oxygens (including phenoxy) is 1. The summed E-state index contributed by atoms with van der Waals surface area (Å²) < 4.78 is 31.1. The Hall–Kier alpha value is -2.12. The molecule has 0 amide bonds. The first-order valence-electron chi connectivity index (χ1n) is 5.99. The van der Waals surface area contributed by atoms with Crippen molar-refractivity contribution in [3.05, 3.63) is 42.5 Å². The van der Waals surface area contributed by atoms with Crippen molar-refractivity contribution in [2.45, 2.75) is 4.90 Å². The lowest BCUT2D eigenvalue weighted by atomic mass is 10.2. The maximum absolute atomic E-state index is 12.4. The van der Waals surface area contributed by atoms with Gasteiger partial charge in [0.05, 0.1) is 7.11 Å². The maximum atomic E-state index is 12.4. The summed E-state index contributed by atoms with van der Waals surface area (Å²) in [6.07, 6.45) is 3.72. The molecule has 1 rings (SSSR count). The summed E-state index contributed by atoms with van der Waals surface area (Å²) in [7, 11) is -0.953. The molecule has 1 aromatic rings. The molecule has 0 fully saturated rings. The second kappa shape index (κ2) is 7.05. The number of carboxylic acids is 1. The van der Waals surface area contributed by atoms with Crippen molar-refractivity contribution in [1.82, 2.24) is 4.31 Å². The zero-order valence-electron chi connectivity index (χ0n) is 11.8. The lowest BCUT2D eigenvalue weighted by Gasteiger charge is -2.17. The molecule has 0 bridgehead atoms. The van der Waals surface area contributed by atoms with E-state index in [2.05, 4.69) is 6.58 Å². The molecule has 21 heavy (non-hydrogen) atoms. The summed E-state index contributed by atoms with van der Waals surface area (Å²) in [6.45, 7) is 3.66. The predicted molar refractivity (Wildman–Crippen MR) is 79.7 cm³/mol. The molecule has 114 valence electrons. The number of methoxy groups -OCH3 is 1. The van der Waals surface area contributed by atoms with Crippen LogP contribution >= 0.6 is 0 Å². The van der Waals surface area contributed by atoms with Crippen LogP contribution in [0.2, 0.25) is 0 Å². The van der Waals surface area contributed by atoms with Gasteiger partial charge in [-0.25, -0.2) is 13.2 Å². The molecule has 0 radical (unpaired) electrons. The zero-order chi connectivity index (χ0) is 16.0. The minimum absolute atomic E-state index is 0.0260. The molecule has 0 heterocycles. The highest BCUT2D eigenvalue weighted by Gasteiger charge is 2.24. The third-order valence-electron chi connectivity index (χ3n) is 2.68. The van der Waals surface area contributed by atoms with Crippen molar-refractivity contribution in [1.29, 1.82) is 0 Å². The third-order valence-corrected chi connectivity index (χ3v) is 4.53. The van der Waals surface area contributed by atoms with Crippen LogP contribution in [0.4, 0.5) is 0 Å². The number of nitrogens with zero attached hydrogens (tertiary/aromatic N) is 1. The van der Waals surface area contributed by atoms with Crippen molar-refractivity contribution in [3.63, 3.8) is 0 Å². The van der Waals surface area contributed by atoms with Crippen LogP contribution in [0, 0.1) is 0 Å². The summed E-state index contributed by atoms with van der Waals surface area (Å²) >= 11 is 0. The van der Waals surface area contributed by atoms with Crippen molar-refractivity contribution in [2.75, 3.05) is 20.7 Å². The number of likely N-dealkylation sites (N-methyl/N-ethyl adjacent to an activating group) is 1. The number of carbonyl (C=O) groups is 1. The molecule has 0 saturated heterocycles. The van der Waals surface area contributed by atoms with Gasteiger partial charge in [-0.2, -0.15) is 4.31 Å². The van der Waals surface area contributed by atoms with Crippen LogP contribution < -0.4 is 4.74 Å². The Bertz CT molecular complexity index is 664. The van der Waals surface area contributed by atoms with Gasteiger partial charge in [0.2, 0.25) is 10.0 Å². The fraction of sp³-hybridized carbons (Fsp3) is 0.214. The molecule has 0 unspecified atom stereocenters. The number of hydrogen-bond acceptors (Lipinski definition) is 4. The van der Waals surface area contributed by atoms with Gasteiger partial charge in [0.1, 0.15) is 10.6 Å².